The van der Waals surface area contributed by atoms with Gasteiger partial charge in [-0.3, -0.25) is 4.79 Å². The molecule has 1 aliphatic rings. The van der Waals surface area contributed by atoms with Crippen molar-refractivity contribution in [2.24, 2.45) is 11.8 Å². The lowest BCUT2D eigenvalue weighted by Crippen LogP contribution is -2.49. The number of ether oxygens (including phenoxy) is 1. The summed E-state index contributed by atoms with van der Waals surface area (Å²) in [6, 6.07) is 12.7. The number of amides is 2. The fourth-order valence-electron chi connectivity index (χ4n) is 3.17. The van der Waals surface area contributed by atoms with Gasteiger partial charge in [-0.15, -0.1) is 0 Å². The lowest BCUT2D eigenvalue weighted by molar-refractivity contribution is -0.143. The number of carbonyl (C=O) groups is 2. The SMILES string of the molecule is CC1CC(C(=O)O)CN(C(=O)NCc2ccc(Oc3ccccc3)nc2)C1. The topological polar surface area (TPSA) is 91.8 Å². The molecule has 0 spiro atoms. The van der Waals surface area contributed by atoms with E-state index in [1.54, 1.807) is 17.2 Å². The summed E-state index contributed by atoms with van der Waals surface area (Å²) in [5.74, 6) is -0.00138. The summed E-state index contributed by atoms with van der Waals surface area (Å²) in [7, 11) is 0. The van der Waals surface area contributed by atoms with E-state index in [4.69, 9.17) is 4.74 Å². The minimum Gasteiger partial charge on any atom is -0.481 e. The van der Waals surface area contributed by atoms with Gasteiger partial charge in [-0.2, -0.15) is 0 Å². The van der Waals surface area contributed by atoms with Gasteiger partial charge in [0, 0.05) is 31.9 Å². The zero-order valence-electron chi connectivity index (χ0n) is 15.2. The quantitative estimate of drug-likeness (QED) is 0.845. The molecule has 0 saturated carbocycles. The maximum Gasteiger partial charge on any atom is 0.317 e. The molecule has 2 heterocycles. The number of rotatable bonds is 5. The maximum absolute atomic E-state index is 12.4. The number of nitrogens with one attached hydrogen (secondary N) is 1. The second-order valence-corrected chi connectivity index (χ2v) is 6.86. The molecule has 2 unspecified atom stereocenters. The van der Waals surface area contributed by atoms with Crippen LogP contribution in [0.4, 0.5) is 4.79 Å². The molecule has 0 bridgehead atoms. The second-order valence-electron chi connectivity index (χ2n) is 6.86. The number of urea groups is 1. The van der Waals surface area contributed by atoms with Gasteiger partial charge in [-0.1, -0.05) is 31.2 Å². The first-order valence-electron chi connectivity index (χ1n) is 8.94. The molecule has 1 aromatic heterocycles. The van der Waals surface area contributed by atoms with Gasteiger partial charge in [0.25, 0.3) is 0 Å². The number of benzene rings is 1. The summed E-state index contributed by atoms with van der Waals surface area (Å²) in [5, 5.41) is 12.0. The predicted octanol–water partition coefficient (Wildman–Crippen LogP) is 3.13. The minimum absolute atomic E-state index is 0.168. The maximum atomic E-state index is 12.4. The van der Waals surface area contributed by atoms with E-state index in [1.165, 1.54) is 0 Å². The number of hydrogen-bond acceptors (Lipinski definition) is 4. The van der Waals surface area contributed by atoms with E-state index in [-0.39, 0.29) is 18.5 Å². The molecule has 7 heteroatoms. The first kappa shape index (κ1) is 18.7. The molecule has 1 fully saturated rings. The number of piperidine rings is 1. The van der Waals surface area contributed by atoms with Crippen LogP contribution in [0.25, 0.3) is 0 Å². The lowest BCUT2D eigenvalue weighted by Gasteiger charge is -2.34. The van der Waals surface area contributed by atoms with E-state index >= 15 is 0 Å². The predicted molar refractivity (Wildman–Crippen MR) is 99.5 cm³/mol. The van der Waals surface area contributed by atoms with Crippen molar-refractivity contribution in [2.75, 3.05) is 13.1 Å². The Kier molecular flexibility index (Phi) is 5.90. The van der Waals surface area contributed by atoms with Crippen LogP contribution >= 0.6 is 0 Å². The Morgan fingerprint density at radius 2 is 2.00 bits per heavy atom. The summed E-state index contributed by atoms with van der Waals surface area (Å²) < 4.78 is 5.64. The minimum atomic E-state index is -0.849. The normalized spacial score (nSPS) is 19.4. The summed E-state index contributed by atoms with van der Waals surface area (Å²) in [6.07, 6.45) is 2.25. The zero-order valence-corrected chi connectivity index (χ0v) is 15.2. The highest BCUT2D eigenvalue weighted by molar-refractivity contribution is 5.76. The molecule has 27 heavy (non-hydrogen) atoms. The van der Waals surface area contributed by atoms with Gasteiger partial charge in [-0.05, 0) is 30.0 Å². The van der Waals surface area contributed by atoms with Crippen LogP contribution in [0.2, 0.25) is 0 Å². The average Bonchev–Trinajstić information content (AvgIpc) is 2.67. The Hall–Kier alpha value is -3.09. The number of hydrogen-bond donors (Lipinski definition) is 2. The van der Waals surface area contributed by atoms with Crippen LogP contribution in [-0.2, 0) is 11.3 Å². The molecule has 1 saturated heterocycles. The van der Waals surface area contributed by atoms with Crippen molar-refractivity contribution in [3.05, 3.63) is 54.2 Å². The molecule has 2 N–H and O–H groups in total. The third-order valence-electron chi connectivity index (χ3n) is 4.50. The number of likely N-dealkylation sites (tertiary alicyclic amines) is 1. The molecular formula is C20H23N3O4. The van der Waals surface area contributed by atoms with Crippen molar-refractivity contribution in [3.8, 4) is 11.6 Å². The number of nitrogens with zero attached hydrogens (tertiary/aromatic N) is 2. The molecule has 2 aromatic rings. The van der Waals surface area contributed by atoms with Crippen molar-refractivity contribution in [2.45, 2.75) is 19.9 Å². The van der Waals surface area contributed by atoms with Gasteiger partial charge in [0.15, 0.2) is 0 Å². The van der Waals surface area contributed by atoms with E-state index in [0.717, 1.165) is 5.56 Å². The van der Waals surface area contributed by atoms with Gasteiger partial charge in [0.2, 0.25) is 5.88 Å². The number of aromatic nitrogens is 1. The zero-order chi connectivity index (χ0) is 19.2. The Morgan fingerprint density at radius 1 is 1.22 bits per heavy atom. The highest BCUT2D eigenvalue weighted by atomic mass is 16.5. The number of carboxylic acid groups (broad SMARTS) is 1. The first-order valence-corrected chi connectivity index (χ1v) is 8.94. The Bertz CT molecular complexity index is 780. The van der Waals surface area contributed by atoms with Crippen molar-refractivity contribution in [1.82, 2.24) is 15.2 Å². The second kappa shape index (κ2) is 8.53. The number of carboxylic acids is 1. The summed E-state index contributed by atoms with van der Waals surface area (Å²) >= 11 is 0. The van der Waals surface area contributed by atoms with Crippen LogP contribution in [0.15, 0.2) is 48.7 Å². The molecule has 3 rings (SSSR count). The highest BCUT2D eigenvalue weighted by Crippen LogP contribution is 2.22. The van der Waals surface area contributed by atoms with Gasteiger partial charge in [0.05, 0.1) is 5.92 Å². The van der Waals surface area contributed by atoms with Crippen molar-refractivity contribution >= 4 is 12.0 Å². The van der Waals surface area contributed by atoms with E-state index < -0.39 is 11.9 Å². The van der Waals surface area contributed by atoms with E-state index in [1.807, 2.05) is 43.3 Å². The van der Waals surface area contributed by atoms with Gasteiger partial charge in [-0.25, -0.2) is 9.78 Å². The standard InChI is InChI=1S/C20H23N3O4/c1-14-9-16(19(24)25)13-23(12-14)20(26)22-11-15-7-8-18(21-10-15)27-17-5-3-2-4-6-17/h2-8,10,14,16H,9,11-13H2,1H3,(H,22,26)(H,24,25). The molecule has 0 radical (unpaired) electrons. The molecule has 1 aromatic carbocycles. The molecule has 0 aliphatic carbocycles. The van der Waals surface area contributed by atoms with Crippen molar-refractivity contribution in [3.63, 3.8) is 0 Å². The van der Waals surface area contributed by atoms with Crippen LogP contribution in [0.3, 0.4) is 0 Å². The van der Waals surface area contributed by atoms with Crippen LogP contribution in [-0.4, -0.2) is 40.1 Å². The average molecular weight is 369 g/mol. The molecule has 1 aliphatic heterocycles. The Labute approximate surface area is 158 Å². The van der Waals surface area contributed by atoms with Crippen molar-refractivity contribution < 1.29 is 19.4 Å². The first-order chi connectivity index (χ1) is 13.0. The highest BCUT2D eigenvalue weighted by Gasteiger charge is 2.31. The van der Waals surface area contributed by atoms with E-state index in [0.29, 0.717) is 31.1 Å². The molecule has 142 valence electrons. The smallest absolute Gasteiger partial charge is 0.317 e. The number of aliphatic carboxylic acids is 1. The van der Waals surface area contributed by atoms with Gasteiger partial charge < -0.3 is 20.1 Å². The molecule has 7 nitrogen and oxygen atoms in total. The molecule has 2 amide bonds. The van der Waals surface area contributed by atoms with E-state index in [9.17, 15) is 14.7 Å². The summed E-state index contributed by atoms with van der Waals surface area (Å²) in [6.45, 7) is 3.09. The Morgan fingerprint density at radius 3 is 2.67 bits per heavy atom. The lowest BCUT2D eigenvalue weighted by atomic mass is 9.91. The summed E-state index contributed by atoms with van der Waals surface area (Å²) in [5.41, 5.74) is 0.837. The third kappa shape index (κ3) is 5.20. The largest absolute Gasteiger partial charge is 0.481 e. The van der Waals surface area contributed by atoms with Crippen LogP contribution in [0, 0.1) is 11.8 Å². The summed E-state index contributed by atoms with van der Waals surface area (Å²) in [4.78, 5) is 29.4. The monoisotopic (exact) mass is 369 g/mol. The van der Waals surface area contributed by atoms with Gasteiger partial charge >= 0.3 is 12.0 Å². The van der Waals surface area contributed by atoms with Crippen LogP contribution in [0.5, 0.6) is 11.6 Å². The number of pyridine rings is 1. The fourth-order valence-corrected chi connectivity index (χ4v) is 3.17. The molecule has 2 atom stereocenters. The third-order valence-corrected chi connectivity index (χ3v) is 4.50. The van der Waals surface area contributed by atoms with E-state index in [2.05, 4.69) is 10.3 Å². The van der Waals surface area contributed by atoms with Gasteiger partial charge in [0.1, 0.15) is 5.75 Å². The Balaban J connectivity index is 1.52. The fraction of sp³-hybridized carbons (Fsp3) is 0.350. The van der Waals surface area contributed by atoms with Crippen molar-refractivity contribution in [1.29, 1.82) is 0 Å². The van der Waals surface area contributed by atoms with Crippen LogP contribution in [0.1, 0.15) is 18.9 Å². The number of para-hydroxylation sites is 1. The molecular weight excluding hydrogens is 346 g/mol. The number of carbonyl (C=O) groups excluding carboxylic acids is 1. The van der Waals surface area contributed by atoms with Crippen LogP contribution < -0.4 is 10.1 Å².